The Kier molecular flexibility index (Phi) is 4.97. The molecular formula is C18H25N5O. The van der Waals surface area contributed by atoms with Gasteiger partial charge in [-0.05, 0) is 55.1 Å². The van der Waals surface area contributed by atoms with E-state index in [-0.39, 0.29) is 11.5 Å². The summed E-state index contributed by atoms with van der Waals surface area (Å²) in [5.41, 5.74) is 13.0. The molecular weight excluding hydrogens is 302 g/mol. The molecule has 128 valence electrons. The van der Waals surface area contributed by atoms with E-state index in [2.05, 4.69) is 28.9 Å². The molecule has 1 fully saturated rings. The summed E-state index contributed by atoms with van der Waals surface area (Å²) in [6.45, 7) is 6.30. The number of hydrogen-bond acceptors (Lipinski definition) is 5. The SMILES string of the molecule is CC(CN1CC[C@@H](CN)C1)c1ccc(-n2ccc(N)nc2=O)cc1. The van der Waals surface area contributed by atoms with Crippen molar-refractivity contribution in [3.8, 4) is 5.69 Å². The van der Waals surface area contributed by atoms with Gasteiger partial charge in [-0.3, -0.25) is 4.57 Å². The first-order valence-electron chi connectivity index (χ1n) is 8.44. The zero-order valence-corrected chi connectivity index (χ0v) is 14.1. The van der Waals surface area contributed by atoms with Crippen LogP contribution in [0.2, 0.25) is 0 Å². The largest absolute Gasteiger partial charge is 0.383 e. The van der Waals surface area contributed by atoms with Crippen LogP contribution in [-0.4, -0.2) is 40.6 Å². The Labute approximate surface area is 142 Å². The van der Waals surface area contributed by atoms with Gasteiger partial charge in [0.2, 0.25) is 0 Å². The predicted octanol–water partition coefficient (Wildman–Crippen LogP) is 1.20. The van der Waals surface area contributed by atoms with Gasteiger partial charge in [-0.2, -0.15) is 4.98 Å². The second-order valence-electron chi connectivity index (χ2n) is 6.65. The van der Waals surface area contributed by atoms with Gasteiger partial charge in [0.1, 0.15) is 5.82 Å². The maximum atomic E-state index is 11.9. The van der Waals surface area contributed by atoms with Gasteiger partial charge >= 0.3 is 5.69 Å². The Bertz CT molecular complexity index is 740. The van der Waals surface area contributed by atoms with Gasteiger partial charge in [-0.1, -0.05) is 19.1 Å². The normalized spacial score (nSPS) is 19.5. The van der Waals surface area contributed by atoms with Gasteiger partial charge in [0, 0.05) is 19.3 Å². The van der Waals surface area contributed by atoms with E-state index in [1.54, 1.807) is 12.3 Å². The van der Waals surface area contributed by atoms with Crippen molar-refractivity contribution < 1.29 is 0 Å². The summed E-state index contributed by atoms with van der Waals surface area (Å²) >= 11 is 0. The zero-order valence-electron chi connectivity index (χ0n) is 14.1. The molecule has 1 aromatic carbocycles. The van der Waals surface area contributed by atoms with Crippen LogP contribution in [0.25, 0.3) is 5.69 Å². The monoisotopic (exact) mass is 327 g/mol. The van der Waals surface area contributed by atoms with Crippen molar-refractivity contribution >= 4 is 5.82 Å². The summed E-state index contributed by atoms with van der Waals surface area (Å²) < 4.78 is 1.50. The molecule has 0 bridgehead atoms. The predicted molar refractivity (Wildman–Crippen MR) is 96.3 cm³/mol. The molecule has 3 rings (SSSR count). The number of rotatable bonds is 5. The van der Waals surface area contributed by atoms with Crippen molar-refractivity contribution in [1.82, 2.24) is 14.5 Å². The molecule has 0 spiro atoms. The van der Waals surface area contributed by atoms with E-state index in [4.69, 9.17) is 11.5 Å². The fourth-order valence-electron chi connectivity index (χ4n) is 3.34. The van der Waals surface area contributed by atoms with Crippen LogP contribution in [0.15, 0.2) is 41.3 Å². The number of hydrogen-bond donors (Lipinski definition) is 2. The average Bonchev–Trinajstić information content (AvgIpc) is 3.03. The van der Waals surface area contributed by atoms with Gasteiger partial charge in [-0.25, -0.2) is 4.79 Å². The summed E-state index contributed by atoms with van der Waals surface area (Å²) in [5.74, 6) is 1.32. The quantitative estimate of drug-likeness (QED) is 0.861. The maximum absolute atomic E-state index is 11.9. The lowest BCUT2D eigenvalue weighted by atomic mass is 10.0. The number of nitrogen functional groups attached to an aromatic ring is 1. The van der Waals surface area contributed by atoms with Gasteiger partial charge in [0.05, 0.1) is 5.69 Å². The van der Waals surface area contributed by atoms with E-state index < -0.39 is 0 Å². The second kappa shape index (κ2) is 7.15. The van der Waals surface area contributed by atoms with Gasteiger partial charge in [0.25, 0.3) is 0 Å². The van der Waals surface area contributed by atoms with Crippen molar-refractivity contribution in [3.05, 3.63) is 52.6 Å². The number of likely N-dealkylation sites (tertiary alicyclic amines) is 1. The van der Waals surface area contributed by atoms with Crippen molar-refractivity contribution in [2.75, 3.05) is 31.9 Å². The minimum atomic E-state index is -0.360. The number of aromatic nitrogens is 2. The average molecular weight is 327 g/mol. The molecule has 0 radical (unpaired) electrons. The fourth-order valence-corrected chi connectivity index (χ4v) is 3.34. The van der Waals surface area contributed by atoms with Crippen LogP contribution >= 0.6 is 0 Å². The minimum absolute atomic E-state index is 0.239. The first kappa shape index (κ1) is 16.7. The van der Waals surface area contributed by atoms with Gasteiger partial charge < -0.3 is 16.4 Å². The van der Waals surface area contributed by atoms with Crippen molar-refractivity contribution in [2.24, 2.45) is 11.7 Å². The molecule has 0 saturated carbocycles. The third kappa shape index (κ3) is 3.66. The molecule has 2 heterocycles. The van der Waals surface area contributed by atoms with Crippen LogP contribution in [0.1, 0.15) is 24.8 Å². The molecule has 24 heavy (non-hydrogen) atoms. The number of nitrogens with two attached hydrogens (primary N) is 2. The lowest BCUT2D eigenvalue weighted by molar-refractivity contribution is 0.309. The summed E-state index contributed by atoms with van der Waals surface area (Å²) in [6, 6.07) is 9.70. The highest BCUT2D eigenvalue weighted by molar-refractivity contribution is 5.37. The molecule has 2 atom stereocenters. The van der Waals surface area contributed by atoms with Crippen LogP contribution in [0.5, 0.6) is 0 Å². The summed E-state index contributed by atoms with van der Waals surface area (Å²) in [5, 5.41) is 0. The second-order valence-corrected chi connectivity index (χ2v) is 6.65. The highest BCUT2D eigenvalue weighted by Crippen LogP contribution is 2.22. The van der Waals surface area contributed by atoms with Crippen molar-refractivity contribution in [3.63, 3.8) is 0 Å². The Morgan fingerprint density at radius 1 is 1.29 bits per heavy atom. The molecule has 1 aliphatic rings. The molecule has 1 aliphatic heterocycles. The molecule has 0 aliphatic carbocycles. The first-order valence-corrected chi connectivity index (χ1v) is 8.44. The van der Waals surface area contributed by atoms with Crippen molar-refractivity contribution in [1.29, 1.82) is 0 Å². The molecule has 6 nitrogen and oxygen atoms in total. The lowest BCUT2D eigenvalue weighted by Gasteiger charge is -2.21. The van der Waals surface area contributed by atoms with Crippen LogP contribution < -0.4 is 17.2 Å². The fraction of sp³-hybridized carbons (Fsp3) is 0.444. The van der Waals surface area contributed by atoms with E-state index in [0.29, 0.717) is 11.8 Å². The highest BCUT2D eigenvalue weighted by Gasteiger charge is 2.22. The smallest absolute Gasteiger partial charge is 0.354 e. The Morgan fingerprint density at radius 2 is 2.04 bits per heavy atom. The number of nitrogens with zero attached hydrogens (tertiary/aromatic N) is 3. The number of benzene rings is 1. The summed E-state index contributed by atoms with van der Waals surface area (Å²) in [7, 11) is 0. The van der Waals surface area contributed by atoms with E-state index in [1.165, 1.54) is 16.6 Å². The summed E-state index contributed by atoms with van der Waals surface area (Å²) in [4.78, 5) is 18.2. The maximum Gasteiger partial charge on any atom is 0.354 e. The van der Waals surface area contributed by atoms with E-state index >= 15 is 0 Å². The minimum Gasteiger partial charge on any atom is -0.383 e. The molecule has 4 N–H and O–H groups in total. The molecule has 2 aromatic rings. The molecule has 1 aromatic heterocycles. The highest BCUT2D eigenvalue weighted by atomic mass is 16.1. The molecule has 1 saturated heterocycles. The number of anilines is 1. The van der Waals surface area contributed by atoms with Crippen LogP contribution in [0.4, 0.5) is 5.82 Å². The molecule has 1 unspecified atom stereocenters. The standard InChI is InChI=1S/C18H25N5O/c1-13(11-22-8-6-14(10-19)12-22)15-2-4-16(5-3-15)23-9-7-17(20)21-18(23)24/h2-5,7,9,13-14H,6,8,10-12,19H2,1H3,(H2,20,21,24)/t13?,14-/m0/s1. The third-order valence-electron chi connectivity index (χ3n) is 4.80. The van der Waals surface area contributed by atoms with E-state index in [0.717, 1.165) is 31.9 Å². The zero-order chi connectivity index (χ0) is 17.1. The van der Waals surface area contributed by atoms with Crippen LogP contribution in [0.3, 0.4) is 0 Å². The van der Waals surface area contributed by atoms with E-state index in [1.807, 2.05) is 12.1 Å². The lowest BCUT2D eigenvalue weighted by Crippen LogP contribution is -2.27. The Morgan fingerprint density at radius 3 is 2.67 bits per heavy atom. The van der Waals surface area contributed by atoms with Crippen LogP contribution in [0, 0.1) is 5.92 Å². The topological polar surface area (TPSA) is 90.2 Å². The third-order valence-corrected chi connectivity index (χ3v) is 4.80. The molecule has 6 heteroatoms. The van der Waals surface area contributed by atoms with Gasteiger partial charge in [0.15, 0.2) is 0 Å². The van der Waals surface area contributed by atoms with E-state index in [9.17, 15) is 4.79 Å². The van der Waals surface area contributed by atoms with Crippen molar-refractivity contribution in [2.45, 2.75) is 19.3 Å². The Balaban J connectivity index is 1.69. The summed E-state index contributed by atoms with van der Waals surface area (Å²) in [6.07, 6.45) is 2.86. The van der Waals surface area contributed by atoms with Crippen LogP contribution in [-0.2, 0) is 0 Å². The Hall–Kier alpha value is -2.18. The molecule has 0 amide bonds. The van der Waals surface area contributed by atoms with Gasteiger partial charge in [-0.15, -0.1) is 0 Å². The first-order chi connectivity index (χ1) is 11.6.